The summed E-state index contributed by atoms with van der Waals surface area (Å²) in [5, 5.41) is 17.5. The molecule has 2 aliphatic heterocycles. The van der Waals surface area contributed by atoms with Gasteiger partial charge in [-0.05, 0) is 60.9 Å². The van der Waals surface area contributed by atoms with Crippen molar-refractivity contribution in [3.8, 4) is 11.3 Å². The molecule has 0 radical (unpaired) electrons. The zero-order valence-electron chi connectivity index (χ0n) is 22.2. The summed E-state index contributed by atoms with van der Waals surface area (Å²) in [5.74, 6) is 1.11. The Hall–Kier alpha value is -3.15. The first-order valence-electron chi connectivity index (χ1n) is 13.8. The minimum Gasteiger partial charge on any atom is -0.381 e. The summed E-state index contributed by atoms with van der Waals surface area (Å²) in [6, 6.07) is 12.3. The van der Waals surface area contributed by atoms with E-state index in [1.807, 2.05) is 24.3 Å². The maximum absolute atomic E-state index is 10.5. The summed E-state index contributed by atoms with van der Waals surface area (Å²) < 4.78 is 11.0. The van der Waals surface area contributed by atoms with Crippen molar-refractivity contribution in [1.29, 1.82) is 0 Å². The number of hydrogen-bond donors (Lipinski definition) is 4. The van der Waals surface area contributed by atoms with Gasteiger partial charge >= 0.3 is 0 Å². The van der Waals surface area contributed by atoms with Gasteiger partial charge in [-0.1, -0.05) is 12.1 Å². The number of aromatic nitrogens is 3. The molecular formula is C29H37N7O3. The molecule has 5 N–H and O–H groups in total. The third-order valence-electron chi connectivity index (χ3n) is 8.14. The van der Waals surface area contributed by atoms with E-state index < -0.39 is 6.23 Å². The van der Waals surface area contributed by atoms with Crippen molar-refractivity contribution in [2.24, 2.45) is 11.1 Å². The van der Waals surface area contributed by atoms with Crippen molar-refractivity contribution in [2.75, 3.05) is 50.2 Å². The summed E-state index contributed by atoms with van der Waals surface area (Å²) in [6.45, 7) is 6.04. The average molecular weight is 532 g/mol. The molecular weight excluding hydrogens is 494 g/mol. The lowest BCUT2D eigenvalue weighted by atomic mass is 9.61. The Kier molecular flexibility index (Phi) is 7.71. The second-order valence-corrected chi connectivity index (χ2v) is 10.9. The number of nitrogens with zero attached hydrogens (tertiary/aromatic N) is 4. The van der Waals surface area contributed by atoms with Gasteiger partial charge in [0, 0.05) is 62.5 Å². The molecule has 10 nitrogen and oxygen atoms in total. The zero-order chi connectivity index (χ0) is 26.7. The number of aliphatic hydroxyl groups is 1. The quantitative estimate of drug-likeness (QED) is 0.321. The number of pyridine rings is 1. The maximum atomic E-state index is 10.5. The largest absolute Gasteiger partial charge is 0.381 e. The highest BCUT2D eigenvalue weighted by Gasteiger charge is 2.45. The Labute approximate surface area is 229 Å². The minimum absolute atomic E-state index is 0.291. The second kappa shape index (κ2) is 11.5. The van der Waals surface area contributed by atoms with Crippen molar-refractivity contribution in [2.45, 2.75) is 44.5 Å². The number of hydrogen-bond acceptors (Lipinski definition) is 10. The van der Waals surface area contributed by atoms with E-state index in [1.165, 1.54) is 5.56 Å². The Morgan fingerprint density at radius 3 is 2.33 bits per heavy atom. The molecule has 1 aromatic carbocycles. The molecule has 3 aromatic rings. The van der Waals surface area contributed by atoms with Crippen LogP contribution in [0.1, 0.15) is 43.2 Å². The number of nitrogens with one attached hydrogen (secondary N) is 2. The van der Waals surface area contributed by atoms with E-state index in [2.05, 4.69) is 32.7 Å². The standard InChI is InChI=1S/C29H37N7O3/c30-26(37)25-28(32-22-3-1-20(2-4-22)19-36-11-15-39-16-12-36)35-27(24(34-25)21-5-9-31-10-6-21)33-23-17-29(18-23)7-13-38-14-8-29/h1-6,9-10,23,26,37H,7-8,11-19,30H2,(H2,32,33,35). The predicted molar refractivity (Wildman–Crippen MR) is 149 cm³/mol. The van der Waals surface area contributed by atoms with Gasteiger partial charge in [-0.3, -0.25) is 9.88 Å². The minimum atomic E-state index is -1.29. The van der Waals surface area contributed by atoms with Crippen LogP contribution in [-0.4, -0.2) is 70.5 Å². The van der Waals surface area contributed by atoms with Gasteiger partial charge in [0.2, 0.25) is 0 Å². The molecule has 0 bridgehead atoms. The summed E-state index contributed by atoms with van der Waals surface area (Å²) in [4.78, 5) is 16.3. The van der Waals surface area contributed by atoms with Crippen molar-refractivity contribution in [3.63, 3.8) is 0 Å². The van der Waals surface area contributed by atoms with Gasteiger partial charge < -0.3 is 30.9 Å². The van der Waals surface area contributed by atoms with Gasteiger partial charge in [-0.2, -0.15) is 0 Å². The molecule has 1 unspecified atom stereocenters. The molecule has 4 heterocycles. The molecule has 3 aliphatic rings. The first kappa shape index (κ1) is 26.1. The molecule has 6 rings (SSSR count). The van der Waals surface area contributed by atoms with Crippen LogP contribution in [0.3, 0.4) is 0 Å². The lowest BCUT2D eigenvalue weighted by molar-refractivity contribution is -0.0342. The molecule has 10 heteroatoms. The van der Waals surface area contributed by atoms with Crippen LogP contribution in [0.5, 0.6) is 0 Å². The third kappa shape index (κ3) is 6.05. The molecule has 2 saturated heterocycles. The fraction of sp³-hybridized carbons (Fsp3) is 0.483. The monoisotopic (exact) mass is 531 g/mol. The molecule has 0 amide bonds. The lowest BCUT2D eigenvalue weighted by Gasteiger charge is -2.50. The van der Waals surface area contributed by atoms with Crippen molar-refractivity contribution >= 4 is 17.3 Å². The van der Waals surface area contributed by atoms with Crippen LogP contribution in [0.25, 0.3) is 11.3 Å². The number of nitrogens with two attached hydrogens (primary N) is 1. The molecule has 3 fully saturated rings. The first-order valence-corrected chi connectivity index (χ1v) is 13.8. The van der Waals surface area contributed by atoms with Gasteiger partial charge in [0.05, 0.1) is 13.2 Å². The number of rotatable bonds is 8. The number of benzene rings is 1. The van der Waals surface area contributed by atoms with Crippen LogP contribution >= 0.6 is 0 Å². The van der Waals surface area contributed by atoms with E-state index in [9.17, 15) is 5.11 Å². The number of morpholine rings is 1. The Bertz CT molecular complexity index is 1240. The van der Waals surface area contributed by atoms with Crippen LogP contribution in [0.4, 0.5) is 17.3 Å². The van der Waals surface area contributed by atoms with Crippen LogP contribution in [0, 0.1) is 5.41 Å². The summed E-state index contributed by atoms with van der Waals surface area (Å²) in [5.41, 5.74) is 10.2. The second-order valence-electron chi connectivity index (χ2n) is 10.9. The van der Waals surface area contributed by atoms with Gasteiger partial charge in [0.25, 0.3) is 0 Å². The Morgan fingerprint density at radius 2 is 1.64 bits per heavy atom. The van der Waals surface area contributed by atoms with Gasteiger partial charge in [-0.15, -0.1) is 0 Å². The molecule has 1 saturated carbocycles. The van der Waals surface area contributed by atoms with Crippen molar-refractivity contribution < 1.29 is 14.6 Å². The first-order chi connectivity index (χ1) is 19.1. The smallest absolute Gasteiger partial charge is 0.158 e. The van der Waals surface area contributed by atoms with E-state index in [1.54, 1.807) is 12.4 Å². The maximum Gasteiger partial charge on any atom is 0.158 e. The Morgan fingerprint density at radius 1 is 0.949 bits per heavy atom. The topological polar surface area (TPSA) is 131 Å². The van der Waals surface area contributed by atoms with E-state index in [0.29, 0.717) is 34.5 Å². The van der Waals surface area contributed by atoms with E-state index in [4.69, 9.17) is 25.2 Å². The SMILES string of the molecule is NC(O)c1nc(-c2ccncc2)c(NC2CC3(CCOCC3)C2)nc1Nc1ccc(CN2CCOCC2)cc1. The van der Waals surface area contributed by atoms with E-state index in [0.717, 1.165) is 83.0 Å². The number of ether oxygens (including phenoxy) is 2. The van der Waals surface area contributed by atoms with Gasteiger partial charge in [0.15, 0.2) is 11.6 Å². The highest BCUT2D eigenvalue weighted by atomic mass is 16.5. The molecule has 39 heavy (non-hydrogen) atoms. The zero-order valence-corrected chi connectivity index (χ0v) is 22.2. The van der Waals surface area contributed by atoms with Gasteiger partial charge in [-0.25, -0.2) is 9.97 Å². The Balaban J connectivity index is 1.25. The normalized spacial score (nSPS) is 20.4. The van der Waals surface area contributed by atoms with Crippen LogP contribution in [-0.2, 0) is 16.0 Å². The molecule has 2 aromatic heterocycles. The fourth-order valence-electron chi connectivity index (χ4n) is 5.90. The third-order valence-corrected chi connectivity index (χ3v) is 8.14. The van der Waals surface area contributed by atoms with Gasteiger partial charge in [0.1, 0.15) is 17.6 Å². The average Bonchev–Trinajstić information content (AvgIpc) is 2.95. The van der Waals surface area contributed by atoms with Crippen molar-refractivity contribution in [3.05, 3.63) is 60.0 Å². The van der Waals surface area contributed by atoms with Crippen LogP contribution in [0.15, 0.2) is 48.8 Å². The summed E-state index contributed by atoms with van der Waals surface area (Å²) in [7, 11) is 0. The molecule has 1 aliphatic carbocycles. The molecule has 1 spiro atoms. The number of anilines is 3. The van der Waals surface area contributed by atoms with Crippen LogP contribution < -0.4 is 16.4 Å². The lowest BCUT2D eigenvalue weighted by Crippen LogP contribution is -2.48. The number of aliphatic hydroxyl groups excluding tert-OH is 1. The highest BCUT2D eigenvalue weighted by molar-refractivity contribution is 5.74. The highest BCUT2D eigenvalue weighted by Crippen LogP contribution is 2.50. The summed E-state index contributed by atoms with van der Waals surface area (Å²) >= 11 is 0. The van der Waals surface area contributed by atoms with Crippen LogP contribution in [0.2, 0.25) is 0 Å². The van der Waals surface area contributed by atoms with Crippen molar-refractivity contribution in [1.82, 2.24) is 19.9 Å². The van der Waals surface area contributed by atoms with E-state index >= 15 is 0 Å². The predicted octanol–water partition coefficient (Wildman–Crippen LogP) is 3.44. The molecule has 206 valence electrons. The molecule has 1 atom stereocenters. The summed E-state index contributed by atoms with van der Waals surface area (Å²) in [6.07, 6.45) is 6.56. The van der Waals surface area contributed by atoms with E-state index in [-0.39, 0.29) is 0 Å². The fourth-order valence-corrected chi connectivity index (χ4v) is 5.90.